The number of methoxy groups -OCH3 is 1. The quantitative estimate of drug-likeness (QED) is 0.255. The summed E-state index contributed by atoms with van der Waals surface area (Å²) in [6, 6.07) is 20.1. The van der Waals surface area contributed by atoms with Crippen LogP contribution in [0.25, 0.3) is 0 Å². The normalized spacial score (nSPS) is 11.2. The van der Waals surface area contributed by atoms with Crippen molar-refractivity contribution >= 4 is 33.8 Å². The molecule has 3 aromatic rings. The van der Waals surface area contributed by atoms with Gasteiger partial charge < -0.3 is 9.47 Å². The molecule has 0 unspecified atom stereocenters. The van der Waals surface area contributed by atoms with Gasteiger partial charge in [-0.15, -0.1) is 0 Å². The lowest BCUT2D eigenvalue weighted by molar-refractivity contribution is -0.142. The number of sulfonamides is 1. The van der Waals surface area contributed by atoms with Crippen molar-refractivity contribution in [3.05, 3.63) is 89.5 Å². The van der Waals surface area contributed by atoms with E-state index in [1.165, 1.54) is 25.5 Å². The molecule has 36 heavy (non-hydrogen) atoms. The average molecular weight is 510 g/mol. The largest absolute Gasteiger partial charge is 0.482 e. The maximum Gasteiger partial charge on any atom is 0.343 e. The molecule has 188 valence electrons. The molecule has 0 fully saturated rings. The summed E-state index contributed by atoms with van der Waals surface area (Å²) in [6.07, 6.45) is 1.38. The third kappa shape index (κ3) is 6.92. The van der Waals surface area contributed by atoms with Crippen molar-refractivity contribution in [3.63, 3.8) is 0 Å². The highest BCUT2D eigenvalue weighted by molar-refractivity contribution is 7.92. The van der Waals surface area contributed by atoms with Gasteiger partial charge >= 0.3 is 5.97 Å². The minimum atomic E-state index is -4.02. The molecule has 0 bridgehead atoms. The summed E-state index contributed by atoms with van der Waals surface area (Å²) < 4.78 is 37.8. The second kappa shape index (κ2) is 12.0. The molecular weight excluding hydrogens is 482 g/mol. The summed E-state index contributed by atoms with van der Waals surface area (Å²) in [7, 11) is -2.75. The zero-order valence-corrected chi connectivity index (χ0v) is 21.0. The minimum absolute atomic E-state index is 0.0800. The first kappa shape index (κ1) is 26.4. The van der Waals surface area contributed by atoms with Gasteiger partial charge in [0.05, 0.1) is 23.9 Å². The molecule has 0 aliphatic heterocycles. The molecule has 3 aromatic carbocycles. The Balaban J connectivity index is 1.75. The van der Waals surface area contributed by atoms with Crippen LogP contribution in [0.2, 0.25) is 0 Å². The number of nitrogens with zero attached hydrogens (tertiary/aromatic N) is 2. The molecule has 0 aliphatic carbocycles. The van der Waals surface area contributed by atoms with Gasteiger partial charge in [-0.2, -0.15) is 5.10 Å². The van der Waals surface area contributed by atoms with Gasteiger partial charge in [0.2, 0.25) is 0 Å². The number of aryl methyl sites for hydroxylation is 2. The Bertz CT molecular complexity index is 1350. The first-order chi connectivity index (χ1) is 17.2. The maximum absolute atomic E-state index is 13.5. The van der Waals surface area contributed by atoms with Gasteiger partial charge in [-0.05, 0) is 55.3 Å². The number of hydrogen-bond donors (Lipinski definition) is 1. The van der Waals surface area contributed by atoms with Crippen molar-refractivity contribution in [2.24, 2.45) is 5.10 Å². The fourth-order valence-electron chi connectivity index (χ4n) is 3.21. The minimum Gasteiger partial charge on any atom is -0.482 e. The van der Waals surface area contributed by atoms with Crippen molar-refractivity contribution in [2.75, 3.05) is 24.6 Å². The van der Waals surface area contributed by atoms with Gasteiger partial charge in [0, 0.05) is 0 Å². The lowest BCUT2D eigenvalue weighted by atomic mass is 10.2. The van der Waals surface area contributed by atoms with E-state index in [1.807, 2.05) is 6.92 Å². The first-order valence-corrected chi connectivity index (χ1v) is 12.4. The van der Waals surface area contributed by atoms with E-state index in [0.29, 0.717) is 22.6 Å². The van der Waals surface area contributed by atoms with Crippen LogP contribution in [0.5, 0.6) is 5.75 Å². The molecular formula is C26H27N3O6S. The Morgan fingerprint density at radius 1 is 1.00 bits per heavy atom. The van der Waals surface area contributed by atoms with Gasteiger partial charge in [-0.25, -0.2) is 18.6 Å². The zero-order chi connectivity index (χ0) is 26.1. The number of ether oxygens (including phenoxy) is 2. The highest BCUT2D eigenvalue weighted by Crippen LogP contribution is 2.26. The fourth-order valence-corrected chi connectivity index (χ4v) is 4.70. The Morgan fingerprint density at radius 3 is 2.42 bits per heavy atom. The molecule has 3 rings (SSSR count). The van der Waals surface area contributed by atoms with Crippen molar-refractivity contribution < 1.29 is 27.5 Å². The SMILES string of the molecule is COC(=O)COc1cccc(/C=N\NC(=O)CN(c2ccccc2C)S(=O)(=O)c2ccc(C)cc2)c1. The first-order valence-electron chi connectivity index (χ1n) is 11.0. The Labute approximate surface area is 210 Å². The molecule has 0 saturated carbocycles. The van der Waals surface area contributed by atoms with E-state index in [4.69, 9.17) is 4.74 Å². The number of para-hydroxylation sites is 1. The van der Waals surface area contributed by atoms with E-state index in [2.05, 4.69) is 15.3 Å². The van der Waals surface area contributed by atoms with Crippen LogP contribution in [-0.2, 0) is 24.3 Å². The van der Waals surface area contributed by atoms with Crippen LogP contribution < -0.4 is 14.5 Å². The molecule has 0 atom stereocenters. The van der Waals surface area contributed by atoms with E-state index in [0.717, 1.165) is 9.87 Å². The van der Waals surface area contributed by atoms with E-state index < -0.39 is 28.4 Å². The van der Waals surface area contributed by atoms with Crippen molar-refractivity contribution in [3.8, 4) is 5.75 Å². The topological polar surface area (TPSA) is 114 Å². The smallest absolute Gasteiger partial charge is 0.343 e. The van der Waals surface area contributed by atoms with Crippen LogP contribution >= 0.6 is 0 Å². The Kier molecular flexibility index (Phi) is 8.80. The second-order valence-corrected chi connectivity index (χ2v) is 9.70. The molecule has 10 heteroatoms. The van der Waals surface area contributed by atoms with Crippen LogP contribution in [0.3, 0.4) is 0 Å². The van der Waals surface area contributed by atoms with Crippen LogP contribution in [0.15, 0.2) is 82.8 Å². The number of anilines is 1. The third-order valence-electron chi connectivity index (χ3n) is 5.13. The summed E-state index contributed by atoms with van der Waals surface area (Å²) in [6.45, 7) is 2.93. The van der Waals surface area contributed by atoms with Gasteiger partial charge in [0.25, 0.3) is 15.9 Å². The monoisotopic (exact) mass is 509 g/mol. The van der Waals surface area contributed by atoms with E-state index >= 15 is 0 Å². The molecule has 1 N–H and O–H groups in total. The van der Waals surface area contributed by atoms with Crippen molar-refractivity contribution in [1.29, 1.82) is 0 Å². The van der Waals surface area contributed by atoms with Crippen LogP contribution in [0.4, 0.5) is 5.69 Å². The molecule has 0 saturated heterocycles. The maximum atomic E-state index is 13.5. The van der Waals surface area contributed by atoms with Gasteiger partial charge in [0.1, 0.15) is 12.3 Å². The number of esters is 1. The van der Waals surface area contributed by atoms with E-state index in [9.17, 15) is 18.0 Å². The van der Waals surface area contributed by atoms with Crippen LogP contribution in [0, 0.1) is 13.8 Å². The number of benzene rings is 3. The fraction of sp³-hybridized carbons (Fsp3) is 0.192. The predicted octanol–water partition coefficient (Wildman–Crippen LogP) is 3.20. The number of amides is 1. The Morgan fingerprint density at radius 2 is 1.72 bits per heavy atom. The van der Waals surface area contributed by atoms with Crippen molar-refractivity contribution in [2.45, 2.75) is 18.7 Å². The van der Waals surface area contributed by atoms with Gasteiger partial charge in [-0.3, -0.25) is 9.10 Å². The second-order valence-electron chi connectivity index (χ2n) is 7.84. The van der Waals surface area contributed by atoms with E-state index in [1.54, 1.807) is 67.6 Å². The average Bonchev–Trinajstić information content (AvgIpc) is 2.87. The third-order valence-corrected chi connectivity index (χ3v) is 6.90. The standard InChI is InChI=1S/C26H27N3O6S/c1-19-11-13-23(14-12-19)36(32,33)29(24-10-5-4-7-20(24)2)17-25(30)28-27-16-21-8-6-9-22(15-21)35-18-26(31)34-3/h4-16H,17-18H2,1-3H3,(H,28,30)/b27-16-. The summed E-state index contributed by atoms with van der Waals surface area (Å²) in [5.74, 6) is -0.714. The molecule has 0 aliphatic rings. The van der Waals surface area contributed by atoms with Gasteiger partial charge in [-0.1, -0.05) is 48.0 Å². The predicted molar refractivity (Wildman–Crippen MR) is 137 cm³/mol. The molecule has 1 amide bonds. The highest BCUT2D eigenvalue weighted by atomic mass is 32.2. The lowest BCUT2D eigenvalue weighted by Gasteiger charge is -2.25. The summed E-state index contributed by atoms with van der Waals surface area (Å²) in [5.41, 5.74) is 4.99. The number of carbonyl (C=O) groups excluding carboxylic acids is 2. The number of nitrogens with one attached hydrogen (secondary N) is 1. The summed E-state index contributed by atoms with van der Waals surface area (Å²) in [4.78, 5) is 24.0. The lowest BCUT2D eigenvalue weighted by Crippen LogP contribution is -2.40. The molecule has 0 radical (unpaired) electrons. The molecule has 9 nitrogen and oxygen atoms in total. The molecule has 0 spiro atoms. The highest BCUT2D eigenvalue weighted by Gasteiger charge is 2.28. The van der Waals surface area contributed by atoms with Crippen LogP contribution in [-0.4, -0.2) is 46.8 Å². The van der Waals surface area contributed by atoms with Gasteiger partial charge in [0.15, 0.2) is 6.61 Å². The van der Waals surface area contributed by atoms with E-state index in [-0.39, 0.29) is 11.5 Å². The number of carbonyl (C=O) groups is 2. The number of hydrazone groups is 1. The molecule has 0 heterocycles. The summed E-state index contributed by atoms with van der Waals surface area (Å²) in [5, 5.41) is 3.94. The number of rotatable bonds is 10. The molecule has 0 aromatic heterocycles. The zero-order valence-electron chi connectivity index (χ0n) is 20.2. The van der Waals surface area contributed by atoms with Crippen LogP contribution in [0.1, 0.15) is 16.7 Å². The Hall–Kier alpha value is -4.18. The number of hydrogen-bond acceptors (Lipinski definition) is 7. The van der Waals surface area contributed by atoms with Crippen molar-refractivity contribution in [1.82, 2.24) is 5.43 Å². The summed E-state index contributed by atoms with van der Waals surface area (Å²) >= 11 is 0.